The molecule has 43 heavy (non-hydrogen) atoms. The van der Waals surface area contributed by atoms with Crippen molar-refractivity contribution in [2.75, 3.05) is 31.3 Å². The lowest BCUT2D eigenvalue weighted by Gasteiger charge is -2.28. The minimum atomic E-state index is -0.209. The molecule has 1 N–H and O–H groups in total. The van der Waals surface area contributed by atoms with E-state index in [1.54, 1.807) is 9.58 Å². The average Bonchev–Trinajstić information content (AvgIpc) is 3.43. The van der Waals surface area contributed by atoms with E-state index in [1.807, 2.05) is 55.5 Å². The Labute approximate surface area is 253 Å². The molecular formula is C33H43N5O5. The van der Waals surface area contributed by atoms with Gasteiger partial charge >= 0.3 is 5.97 Å². The van der Waals surface area contributed by atoms with Gasteiger partial charge < -0.3 is 19.7 Å². The normalized spacial score (nSPS) is 12.0. The number of amides is 2. The zero-order valence-corrected chi connectivity index (χ0v) is 25.3. The average molecular weight is 590 g/mol. The molecule has 1 aromatic heterocycles. The second-order valence-electron chi connectivity index (χ2n) is 10.7. The van der Waals surface area contributed by atoms with Crippen molar-refractivity contribution in [2.24, 2.45) is 0 Å². The molecule has 2 aromatic carbocycles. The zero-order chi connectivity index (χ0) is 30.4. The van der Waals surface area contributed by atoms with Crippen LogP contribution in [0.4, 0.5) is 5.69 Å². The number of hydrogen-bond donors (Lipinski definition) is 1. The highest BCUT2D eigenvalue weighted by Crippen LogP contribution is 2.41. The molecule has 0 spiro atoms. The van der Waals surface area contributed by atoms with Crippen LogP contribution in [-0.2, 0) is 36.9 Å². The molecule has 3 aromatic rings. The van der Waals surface area contributed by atoms with Crippen LogP contribution in [0.3, 0.4) is 0 Å². The second kappa shape index (κ2) is 16.6. The number of anilines is 1. The maximum atomic E-state index is 13.7. The molecule has 0 fully saturated rings. The Morgan fingerprint density at radius 3 is 2.47 bits per heavy atom. The Bertz CT molecular complexity index is 1370. The van der Waals surface area contributed by atoms with Gasteiger partial charge in [-0.15, -0.1) is 5.10 Å². The molecule has 0 unspecified atom stereocenters. The topological polar surface area (TPSA) is 116 Å². The minimum absolute atomic E-state index is 0.0662. The number of nitrogens with one attached hydrogen (secondary N) is 1. The van der Waals surface area contributed by atoms with E-state index in [4.69, 9.17) is 9.47 Å². The minimum Gasteiger partial charge on any atom is -0.464 e. The summed E-state index contributed by atoms with van der Waals surface area (Å²) in [4.78, 5) is 40.1. The smallest absolute Gasteiger partial charge is 0.305 e. The van der Waals surface area contributed by atoms with Crippen molar-refractivity contribution in [3.63, 3.8) is 0 Å². The van der Waals surface area contributed by atoms with E-state index < -0.39 is 0 Å². The van der Waals surface area contributed by atoms with Gasteiger partial charge in [0, 0.05) is 43.5 Å². The van der Waals surface area contributed by atoms with Crippen molar-refractivity contribution >= 4 is 23.5 Å². The highest BCUT2D eigenvalue weighted by atomic mass is 16.5. The number of aromatic nitrogens is 3. The van der Waals surface area contributed by atoms with Gasteiger partial charge in [0.15, 0.2) is 0 Å². The van der Waals surface area contributed by atoms with Crippen molar-refractivity contribution in [1.82, 2.24) is 20.3 Å². The van der Waals surface area contributed by atoms with Gasteiger partial charge in [0.25, 0.3) is 0 Å². The Kier molecular flexibility index (Phi) is 12.3. The van der Waals surface area contributed by atoms with E-state index in [2.05, 4.69) is 22.6 Å². The van der Waals surface area contributed by atoms with Crippen molar-refractivity contribution < 1.29 is 23.9 Å². The number of carbonyl (C=O) groups excluding carboxylic acids is 3. The van der Waals surface area contributed by atoms with Crippen LogP contribution in [0, 0.1) is 0 Å². The first kappa shape index (κ1) is 31.9. The molecule has 0 saturated heterocycles. The van der Waals surface area contributed by atoms with Crippen LogP contribution in [-0.4, -0.2) is 59.1 Å². The highest BCUT2D eigenvalue weighted by molar-refractivity contribution is 6.01. The zero-order valence-electron chi connectivity index (χ0n) is 25.3. The predicted octanol–water partition coefficient (Wildman–Crippen LogP) is 5.30. The van der Waals surface area contributed by atoms with Crippen LogP contribution in [0.15, 0.2) is 48.5 Å². The van der Waals surface area contributed by atoms with Crippen LogP contribution in [0.25, 0.3) is 22.5 Å². The van der Waals surface area contributed by atoms with Gasteiger partial charge in [0.05, 0.1) is 31.1 Å². The molecule has 0 radical (unpaired) electrons. The lowest BCUT2D eigenvalue weighted by atomic mass is 9.95. The molecule has 0 atom stereocenters. The van der Waals surface area contributed by atoms with E-state index in [9.17, 15) is 14.4 Å². The van der Waals surface area contributed by atoms with E-state index >= 15 is 0 Å². The van der Waals surface area contributed by atoms with Crippen LogP contribution in [0.2, 0.25) is 0 Å². The van der Waals surface area contributed by atoms with Gasteiger partial charge in [-0.2, -0.15) is 0 Å². The fraction of sp³-hybridized carbons (Fsp3) is 0.485. The number of ether oxygens (including phenoxy) is 2. The summed E-state index contributed by atoms with van der Waals surface area (Å²) >= 11 is 0. The molecule has 10 heteroatoms. The molecule has 0 aliphatic carbocycles. The number of benzene rings is 2. The lowest BCUT2D eigenvalue weighted by molar-refractivity contribution is -0.144. The summed E-state index contributed by atoms with van der Waals surface area (Å²) in [6.45, 7) is 6.53. The third-order valence-corrected chi connectivity index (χ3v) is 7.37. The summed E-state index contributed by atoms with van der Waals surface area (Å²) in [5.41, 5.74) is 4.79. The number of rotatable bonds is 16. The number of para-hydroxylation sites is 1. The van der Waals surface area contributed by atoms with Crippen molar-refractivity contribution in [3.05, 3.63) is 54.1 Å². The molecule has 0 bridgehead atoms. The standard InChI is InChI=1S/C33H43N5O5/c1-3-5-6-7-16-31(41)43-23-20-38-33-27-14-10-11-15-28(27)37(24-25-12-8-9-13-26(25)32(33)35-36-38)30(40)18-17-29(39)34-19-22-42-21-4-2/h8-15H,3-7,16-24H2,1-2H3,(H,34,39). The number of hydrogen-bond acceptors (Lipinski definition) is 7. The Morgan fingerprint density at radius 2 is 1.65 bits per heavy atom. The maximum absolute atomic E-state index is 13.7. The summed E-state index contributed by atoms with van der Waals surface area (Å²) in [5, 5.41) is 11.8. The first-order valence-electron chi connectivity index (χ1n) is 15.4. The molecule has 1 aliphatic rings. The molecule has 1 aliphatic heterocycles. The summed E-state index contributed by atoms with van der Waals surface area (Å²) in [5.74, 6) is -0.545. The third kappa shape index (κ3) is 8.73. The Balaban J connectivity index is 1.53. The van der Waals surface area contributed by atoms with Crippen molar-refractivity contribution in [2.45, 2.75) is 78.3 Å². The van der Waals surface area contributed by atoms with Crippen LogP contribution in [0.1, 0.15) is 70.8 Å². The van der Waals surface area contributed by atoms with Gasteiger partial charge in [-0.05, 0) is 24.5 Å². The van der Waals surface area contributed by atoms with Crippen LogP contribution >= 0.6 is 0 Å². The second-order valence-corrected chi connectivity index (χ2v) is 10.7. The molecule has 10 nitrogen and oxygen atoms in total. The van der Waals surface area contributed by atoms with Gasteiger partial charge in [-0.1, -0.05) is 80.8 Å². The van der Waals surface area contributed by atoms with E-state index in [0.29, 0.717) is 50.7 Å². The number of nitrogens with zero attached hydrogens (tertiary/aromatic N) is 4. The number of fused-ring (bicyclic) bond motifs is 5. The van der Waals surface area contributed by atoms with Crippen molar-refractivity contribution in [1.29, 1.82) is 0 Å². The van der Waals surface area contributed by atoms with Gasteiger partial charge in [0.2, 0.25) is 11.8 Å². The van der Waals surface area contributed by atoms with Crippen LogP contribution < -0.4 is 10.2 Å². The number of esters is 1. The Morgan fingerprint density at radius 1 is 0.860 bits per heavy atom. The third-order valence-electron chi connectivity index (χ3n) is 7.37. The fourth-order valence-electron chi connectivity index (χ4n) is 5.16. The quantitative estimate of drug-likeness (QED) is 0.178. The largest absolute Gasteiger partial charge is 0.464 e. The van der Waals surface area contributed by atoms with E-state index in [0.717, 1.165) is 54.5 Å². The lowest BCUT2D eigenvalue weighted by Crippen LogP contribution is -2.34. The highest BCUT2D eigenvalue weighted by Gasteiger charge is 2.29. The fourth-order valence-corrected chi connectivity index (χ4v) is 5.16. The molecule has 2 heterocycles. The molecule has 230 valence electrons. The van der Waals surface area contributed by atoms with E-state index in [-0.39, 0.29) is 37.2 Å². The SMILES string of the molecule is CCCCCCC(=O)OCCn1nnc2c1-c1ccccc1N(C(=O)CCC(=O)NCCOCCC)Cc1ccccc1-2. The molecule has 0 saturated carbocycles. The monoisotopic (exact) mass is 589 g/mol. The molecule has 4 rings (SSSR count). The number of unbranched alkanes of at least 4 members (excludes halogenated alkanes) is 3. The first-order valence-corrected chi connectivity index (χ1v) is 15.4. The summed E-state index contributed by atoms with van der Waals surface area (Å²) in [6.07, 6.45) is 5.56. The summed E-state index contributed by atoms with van der Waals surface area (Å²) < 4.78 is 12.7. The van der Waals surface area contributed by atoms with Gasteiger partial charge in [-0.3, -0.25) is 14.4 Å². The summed E-state index contributed by atoms with van der Waals surface area (Å²) in [7, 11) is 0. The molecule has 2 amide bonds. The van der Waals surface area contributed by atoms with Crippen molar-refractivity contribution in [3.8, 4) is 22.5 Å². The number of carbonyl (C=O) groups is 3. The van der Waals surface area contributed by atoms with Gasteiger partial charge in [-0.25, -0.2) is 4.68 Å². The summed E-state index contributed by atoms with van der Waals surface area (Å²) in [6, 6.07) is 15.5. The Hall–Kier alpha value is -4.05. The predicted molar refractivity (Wildman–Crippen MR) is 165 cm³/mol. The first-order chi connectivity index (χ1) is 21.0. The maximum Gasteiger partial charge on any atom is 0.305 e. The van der Waals surface area contributed by atoms with Crippen LogP contribution in [0.5, 0.6) is 0 Å². The van der Waals surface area contributed by atoms with Gasteiger partial charge in [0.1, 0.15) is 12.3 Å². The molecular weight excluding hydrogens is 546 g/mol. The van der Waals surface area contributed by atoms with E-state index in [1.165, 1.54) is 0 Å².